The summed E-state index contributed by atoms with van der Waals surface area (Å²) in [6, 6.07) is 14.7. The normalized spacial score (nSPS) is 17.4. The molecule has 1 aliphatic rings. The van der Waals surface area contributed by atoms with Crippen LogP contribution in [0.3, 0.4) is 0 Å². The Kier molecular flexibility index (Phi) is 4.15. The molecule has 4 nitrogen and oxygen atoms in total. The van der Waals surface area contributed by atoms with Crippen LogP contribution in [0.4, 0.5) is 5.69 Å². The summed E-state index contributed by atoms with van der Waals surface area (Å²) in [4.78, 5) is 26.6. The van der Waals surface area contributed by atoms with E-state index < -0.39 is 6.04 Å². The van der Waals surface area contributed by atoms with E-state index in [4.69, 9.17) is 0 Å². The molecule has 0 saturated carbocycles. The Bertz CT molecular complexity index is 740. The third-order valence-electron chi connectivity index (χ3n) is 4.35. The summed E-state index contributed by atoms with van der Waals surface area (Å²) >= 11 is 0. The second kappa shape index (κ2) is 6.24. The Morgan fingerprint density at radius 2 is 1.83 bits per heavy atom. The molecule has 0 spiro atoms. The zero-order valence-electron chi connectivity index (χ0n) is 13.4. The molecule has 0 radical (unpaired) electrons. The highest BCUT2D eigenvalue weighted by Gasteiger charge is 2.33. The number of hydrogen-bond acceptors (Lipinski definition) is 2. The number of aryl methyl sites for hydroxylation is 2. The van der Waals surface area contributed by atoms with Gasteiger partial charge in [-0.3, -0.25) is 9.59 Å². The molecule has 118 valence electrons. The summed E-state index contributed by atoms with van der Waals surface area (Å²) in [5.74, 6) is -0.241. The molecule has 4 heteroatoms. The molecule has 2 aromatic rings. The second-order valence-electron chi connectivity index (χ2n) is 5.94. The standard InChI is InChI=1S/C19H20N2O2/c1-13-8-9-15(12-14(13)2)18(22)20-17-10-11-21(19(17)23)16-6-4-3-5-7-16/h3-9,12,17H,10-11H2,1-2H3,(H,20,22). The van der Waals surface area contributed by atoms with Gasteiger partial charge in [-0.2, -0.15) is 0 Å². The maximum atomic E-state index is 12.5. The fourth-order valence-corrected chi connectivity index (χ4v) is 2.80. The number of hydrogen-bond donors (Lipinski definition) is 1. The third kappa shape index (κ3) is 3.11. The van der Waals surface area contributed by atoms with Crippen molar-refractivity contribution in [2.45, 2.75) is 26.3 Å². The first kappa shape index (κ1) is 15.3. The van der Waals surface area contributed by atoms with Crippen LogP contribution in [-0.4, -0.2) is 24.4 Å². The number of anilines is 1. The third-order valence-corrected chi connectivity index (χ3v) is 4.35. The van der Waals surface area contributed by atoms with Crippen LogP contribution in [0.2, 0.25) is 0 Å². The van der Waals surface area contributed by atoms with Gasteiger partial charge in [-0.15, -0.1) is 0 Å². The summed E-state index contributed by atoms with van der Waals surface area (Å²) in [7, 11) is 0. The summed E-state index contributed by atoms with van der Waals surface area (Å²) in [6.45, 7) is 4.61. The molecule has 1 aliphatic heterocycles. The molecule has 1 heterocycles. The van der Waals surface area contributed by atoms with Gasteiger partial charge in [0.25, 0.3) is 5.91 Å². The van der Waals surface area contributed by atoms with Gasteiger partial charge in [-0.25, -0.2) is 0 Å². The molecule has 1 atom stereocenters. The molecule has 23 heavy (non-hydrogen) atoms. The van der Waals surface area contributed by atoms with Crippen molar-refractivity contribution in [3.63, 3.8) is 0 Å². The molecule has 0 aromatic heterocycles. The van der Waals surface area contributed by atoms with Crippen LogP contribution in [0, 0.1) is 13.8 Å². The number of rotatable bonds is 3. The highest BCUT2D eigenvalue weighted by molar-refractivity contribution is 6.03. The van der Waals surface area contributed by atoms with E-state index in [-0.39, 0.29) is 11.8 Å². The van der Waals surface area contributed by atoms with E-state index >= 15 is 0 Å². The molecule has 0 aliphatic carbocycles. The number of amides is 2. The minimum Gasteiger partial charge on any atom is -0.340 e. The van der Waals surface area contributed by atoms with Gasteiger partial charge in [0, 0.05) is 17.8 Å². The molecule has 1 N–H and O–H groups in total. The maximum Gasteiger partial charge on any atom is 0.251 e. The van der Waals surface area contributed by atoms with E-state index in [2.05, 4.69) is 5.32 Å². The lowest BCUT2D eigenvalue weighted by atomic mass is 10.1. The topological polar surface area (TPSA) is 49.4 Å². The fourth-order valence-electron chi connectivity index (χ4n) is 2.80. The summed E-state index contributed by atoms with van der Waals surface area (Å²) < 4.78 is 0. The number of para-hydroxylation sites is 1. The predicted molar refractivity (Wildman–Crippen MR) is 90.6 cm³/mol. The molecule has 1 fully saturated rings. The van der Waals surface area contributed by atoms with Crippen LogP contribution in [0.1, 0.15) is 27.9 Å². The van der Waals surface area contributed by atoms with Crippen molar-refractivity contribution >= 4 is 17.5 Å². The minimum absolute atomic E-state index is 0.0478. The zero-order valence-corrected chi connectivity index (χ0v) is 13.4. The predicted octanol–water partition coefficient (Wildman–Crippen LogP) is 2.84. The molecular formula is C19H20N2O2. The summed E-state index contributed by atoms with van der Waals surface area (Å²) in [6.07, 6.45) is 0.629. The lowest BCUT2D eigenvalue weighted by Gasteiger charge is -2.17. The van der Waals surface area contributed by atoms with Crippen LogP contribution in [0.25, 0.3) is 0 Å². The lowest BCUT2D eigenvalue weighted by Crippen LogP contribution is -2.41. The van der Waals surface area contributed by atoms with Crippen molar-refractivity contribution in [1.29, 1.82) is 0 Å². The van der Waals surface area contributed by atoms with Crippen molar-refractivity contribution in [2.75, 3.05) is 11.4 Å². The van der Waals surface area contributed by atoms with E-state index in [0.717, 1.165) is 16.8 Å². The maximum absolute atomic E-state index is 12.5. The van der Waals surface area contributed by atoms with Gasteiger partial charge in [-0.1, -0.05) is 24.3 Å². The number of carbonyl (C=O) groups is 2. The molecular weight excluding hydrogens is 288 g/mol. The monoisotopic (exact) mass is 308 g/mol. The summed E-state index contributed by atoms with van der Waals surface area (Å²) in [5.41, 5.74) is 3.69. The Morgan fingerprint density at radius 3 is 2.52 bits per heavy atom. The van der Waals surface area contributed by atoms with Crippen LogP contribution in [-0.2, 0) is 4.79 Å². The molecule has 1 saturated heterocycles. The molecule has 0 bridgehead atoms. The van der Waals surface area contributed by atoms with E-state index in [1.165, 1.54) is 0 Å². The van der Waals surface area contributed by atoms with Crippen molar-refractivity contribution in [2.24, 2.45) is 0 Å². The number of benzene rings is 2. The Hall–Kier alpha value is -2.62. The SMILES string of the molecule is Cc1ccc(C(=O)NC2CCN(c3ccccc3)C2=O)cc1C. The molecule has 2 aromatic carbocycles. The first-order valence-corrected chi connectivity index (χ1v) is 7.81. The van der Waals surface area contributed by atoms with Gasteiger partial charge >= 0.3 is 0 Å². The highest BCUT2D eigenvalue weighted by Crippen LogP contribution is 2.21. The van der Waals surface area contributed by atoms with Crippen LogP contribution >= 0.6 is 0 Å². The van der Waals surface area contributed by atoms with Gasteiger partial charge in [-0.05, 0) is 55.7 Å². The number of carbonyl (C=O) groups excluding carboxylic acids is 2. The van der Waals surface area contributed by atoms with Gasteiger partial charge < -0.3 is 10.2 Å². The first-order chi connectivity index (χ1) is 11.1. The van der Waals surface area contributed by atoms with Gasteiger partial charge in [0.2, 0.25) is 5.91 Å². The van der Waals surface area contributed by atoms with E-state index in [1.54, 1.807) is 11.0 Å². The Morgan fingerprint density at radius 1 is 1.09 bits per heavy atom. The summed E-state index contributed by atoms with van der Waals surface area (Å²) in [5, 5.41) is 2.86. The Labute approximate surface area is 136 Å². The van der Waals surface area contributed by atoms with Crippen LogP contribution in [0.15, 0.2) is 48.5 Å². The van der Waals surface area contributed by atoms with E-state index in [0.29, 0.717) is 18.5 Å². The number of nitrogens with one attached hydrogen (secondary N) is 1. The molecule has 1 unspecified atom stereocenters. The number of nitrogens with zero attached hydrogens (tertiary/aromatic N) is 1. The quantitative estimate of drug-likeness (QED) is 0.948. The second-order valence-corrected chi connectivity index (χ2v) is 5.94. The Balaban J connectivity index is 1.70. The van der Waals surface area contributed by atoms with Crippen molar-refractivity contribution in [3.05, 3.63) is 65.2 Å². The highest BCUT2D eigenvalue weighted by atomic mass is 16.2. The zero-order chi connectivity index (χ0) is 16.4. The van der Waals surface area contributed by atoms with Crippen molar-refractivity contribution in [1.82, 2.24) is 5.32 Å². The smallest absolute Gasteiger partial charge is 0.251 e. The van der Waals surface area contributed by atoms with E-state index in [9.17, 15) is 9.59 Å². The van der Waals surface area contributed by atoms with Gasteiger partial charge in [0.05, 0.1) is 0 Å². The largest absolute Gasteiger partial charge is 0.340 e. The average Bonchev–Trinajstić information content (AvgIpc) is 2.92. The molecule has 3 rings (SSSR count). The minimum atomic E-state index is -0.454. The average molecular weight is 308 g/mol. The van der Waals surface area contributed by atoms with Gasteiger partial charge in [0.1, 0.15) is 6.04 Å². The fraction of sp³-hybridized carbons (Fsp3) is 0.263. The van der Waals surface area contributed by atoms with Gasteiger partial charge in [0.15, 0.2) is 0 Å². The van der Waals surface area contributed by atoms with E-state index in [1.807, 2.05) is 56.3 Å². The van der Waals surface area contributed by atoms with Crippen LogP contribution in [0.5, 0.6) is 0 Å². The first-order valence-electron chi connectivity index (χ1n) is 7.81. The van der Waals surface area contributed by atoms with Crippen LogP contribution < -0.4 is 10.2 Å². The van der Waals surface area contributed by atoms with Crippen molar-refractivity contribution in [3.8, 4) is 0 Å². The lowest BCUT2D eigenvalue weighted by molar-refractivity contribution is -0.118. The molecule has 2 amide bonds. The van der Waals surface area contributed by atoms with Crippen molar-refractivity contribution < 1.29 is 9.59 Å².